The summed E-state index contributed by atoms with van der Waals surface area (Å²) in [7, 11) is 3.79. The third-order valence-corrected chi connectivity index (χ3v) is 3.68. The summed E-state index contributed by atoms with van der Waals surface area (Å²) in [6.07, 6.45) is 2.29. The molecule has 0 spiro atoms. The molecule has 1 N–H and O–H groups in total. The van der Waals surface area contributed by atoms with Crippen LogP contribution in [0.4, 0.5) is 0 Å². The highest BCUT2D eigenvalue weighted by molar-refractivity contribution is 7.99. The van der Waals surface area contributed by atoms with Gasteiger partial charge in [-0.2, -0.15) is 0 Å². The van der Waals surface area contributed by atoms with Gasteiger partial charge in [-0.15, -0.1) is 11.8 Å². The van der Waals surface area contributed by atoms with Crippen molar-refractivity contribution < 1.29 is 4.74 Å². The molecule has 0 aliphatic carbocycles. The van der Waals surface area contributed by atoms with E-state index in [0.29, 0.717) is 6.04 Å². The van der Waals surface area contributed by atoms with Crippen molar-refractivity contribution >= 4 is 11.8 Å². The van der Waals surface area contributed by atoms with Gasteiger partial charge in [-0.1, -0.05) is 18.2 Å². The number of ether oxygens (including phenoxy) is 1. The topological polar surface area (TPSA) is 21.3 Å². The zero-order chi connectivity index (χ0) is 11.6. The summed E-state index contributed by atoms with van der Waals surface area (Å²) in [5.74, 6) is 1.12. The number of hydrogen-bond donors (Lipinski definition) is 1. The Balaban J connectivity index is 2.23. The van der Waals surface area contributed by atoms with Crippen molar-refractivity contribution in [2.75, 3.05) is 26.5 Å². The Labute approximate surface area is 103 Å². The summed E-state index contributed by atoms with van der Waals surface area (Å²) in [6.45, 7) is 0.855. The zero-order valence-electron chi connectivity index (χ0n) is 10.1. The summed E-state index contributed by atoms with van der Waals surface area (Å²) < 4.78 is 5.06. The molecule has 0 bridgehead atoms. The zero-order valence-corrected chi connectivity index (χ0v) is 10.9. The maximum atomic E-state index is 5.06. The van der Waals surface area contributed by atoms with Crippen molar-refractivity contribution in [3.8, 4) is 0 Å². The average molecular weight is 239 g/mol. The van der Waals surface area contributed by atoms with E-state index in [1.807, 2.05) is 18.8 Å². The number of methoxy groups -OCH3 is 1. The normalized spacial score (nSPS) is 12.6. The van der Waals surface area contributed by atoms with Crippen molar-refractivity contribution in [1.82, 2.24) is 5.32 Å². The molecule has 0 aliphatic heterocycles. The van der Waals surface area contributed by atoms with Crippen LogP contribution in [0.5, 0.6) is 0 Å². The molecule has 1 rings (SSSR count). The Morgan fingerprint density at radius 2 is 2.06 bits per heavy atom. The molecule has 2 nitrogen and oxygen atoms in total. The minimum Gasteiger partial charge on any atom is -0.385 e. The summed E-state index contributed by atoms with van der Waals surface area (Å²) in [5, 5.41) is 3.35. The first kappa shape index (κ1) is 13.6. The van der Waals surface area contributed by atoms with E-state index >= 15 is 0 Å². The van der Waals surface area contributed by atoms with Gasteiger partial charge in [-0.05, 0) is 32.0 Å². The van der Waals surface area contributed by atoms with Crippen LogP contribution < -0.4 is 5.32 Å². The van der Waals surface area contributed by atoms with E-state index in [9.17, 15) is 0 Å². The molecule has 0 heterocycles. The lowest BCUT2D eigenvalue weighted by Gasteiger charge is -2.15. The molecule has 1 aromatic carbocycles. The van der Waals surface area contributed by atoms with Crippen LogP contribution in [0.25, 0.3) is 0 Å². The Bertz CT molecular complexity index is 266. The van der Waals surface area contributed by atoms with E-state index in [-0.39, 0.29) is 0 Å². The third kappa shape index (κ3) is 5.54. The molecule has 1 atom stereocenters. The molecule has 1 aromatic rings. The van der Waals surface area contributed by atoms with Gasteiger partial charge in [0.15, 0.2) is 0 Å². The summed E-state index contributed by atoms with van der Waals surface area (Å²) >= 11 is 1.91. The number of rotatable bonds is 8. The molecule has 0 amide bonds. The van der Waals surface area contributed by atoms with Gasteiger partial charge in [0.2, 0.25) is 0 Å². The maximum Gasteiger partial charge on any atom is 0.0462 e. The highest BCUT2D eigenvalue weighted by atomic mass is 32.2. The molecule has 0 fully saturated rings. The lowest BCUT2D eigenvalue weighted by molar-refractivity contribution is 0.190. The first-order chi connectivity index (χ1) is 7.86. The van der Waals surface area contributed by atoms with Crippen molar-refractivity contribution in [3.05, 3.63) is 30.3 Å². The van der Waals surface area contributed by atoms with Gasteiger partial charge in [-0.3, -0.25) is 0 Å². The minimum atomic E-state index is 0.570. The SMILES string of the molecule is CNC(CCCOC)CSc1ccccc1. The van der Waals surface area contributed by atoms with E-state index in [1.165, 1.54) is 11.3 Å². The number of thioether (sulfide) groups is 1. The van der Waals surface area contributed by atoms with E-state index in [0.717, 1.165) is 18.8 Å². The minimum absolute atomic E-state index is 0.570. The summed E-state index contributed by atoms with van der Waals surface area (Å²) in [4.78, 5) is 1.34. The lowest BCUT2D eigenvalue weighted by Crippen LogP contribution is -2.27. The molecule has 1 unspecified atom stereocenters. The third-order valence-electron chi connectivity index (χ3n) is 2.50. The molecule has 90 valence electrons. The molecular formula is C13H21NOS. The molecule has 3 heteroatoms. The predicted octanol–water partition coefficient (Wildman–Crippen LogP) is 2.79. The Kier molecular flexibility index (Phi) is 7.30. The van der Waals surface area contributed by atoms with Crippen LogP contribution in [-0.2, 0) is 4.74 Å². The number of nitrogens with one attached hydrogen (secondary N) is 1. The number of benzene rings is 1. The van der Waals surface area contributed by atoms with Gasteiger partial charge in [-0.25, -0.2) is 0 Å². The van der Waals surface area contributed by atoms with Crippen LogP contribution in [0.3, 0.4) is 0 Å². The highest BCUT2D eigenvalue weighted by Crippen LogP contribution is 2.19. The second kappa shape index (κ2) is 8.62. The second-order valence-corrected chi connectivity index (χ2v) is 4.84. The molecule has 0 aromatic heterocycles. The van der Waals surface area contributed by atoms with E-state index < -0.39 is 0 Å². The van der Waals surface area contributed by atoms with Crippen LogP contribution in [0.15, 0.2) is 35.2 Å². The fourth-order valence-electron chi connectivity index (χ4n) is 1.50. The van der Waals surface area contributed by atoms with Gasteiger partial charge in [0.25, 0.3) is 0 Å². The Morgan fingerprint density at radius 1 is 1.31 bits per heavy atom. The molecule has 0 aliphatic rings. The van der Waals surface area contributed by atoms with Crippen molar-refractivity contribution in [2.45, 2.75) is 23.8 Å². The Morgan fingerprint density at radius 3 is 2.69 bits per heavy atom. The molecule has 0 saturated heterocycles. The van der Waals surface area contributed by atoms with E-state index in [2.05, 4.69) is 35.6 Å². The molecule has 0 radical (unpaired) electrons. The van der Waals surface area contributed by atoms with Crippen LogP contribution in [0, 0.1) is 0 Å². The van der Waals surface area contributed by atoms with Gasteiger partial charge in [0, 0.05) is 30.4 Å². The van der Waals surface area contributed by atoms with E-state index in [1.54, 1.807) is 7.11 Å². The maximum absolute atomic E-state index is 5.06. The first-order valence-corrected chi connectivity index (χ1v) is 6.69. The molecule has 16 heavy (non-hydrogen) atoms. The summed E-state index contributed by atoms with van der Waals surface area (Å²) in [6, 6.07) is 11.1. The smallest absolute Gasteiger partial charge is 0.0462 e. The summed E-state index contributed by atoms with van der Waals surface area (Å²) in [5.41, 5.74) is 0. The van der Waals surface area contributed by atoms with Crippen LogP contribution in [-0.4, -0.2) is 32.6 Å². The first-order valence-electron chi connectivity index (χ1n) is 5.71. The van der Waals surface area contributed by atoms with Crippen molar-refractivity contribution in [2.24, 2.45) is 0 Å². The monoisotopic (exact) mass is 239 g/mol. The standard InChI is InChI=1S/C13H21NOS/c1-14-12(7-6-10-15-2)11-16-13-8-4-3-5-9-13/h3-5,8-9,12,14H,6-7,10-11H2,1-2H3. The van der Waals surface area contributed by atoms with Crippen LogP contribution in [0.2, 0.25) is 0 Å². The number of hydrogen-bond acceptors (Lipinski definition) is 3. The van der Waals surface area contributed by atoms with Crippen molar-refractivity contribution in [3.63, 3.8) is 0 Å². The molecular weight excluding hydrogens is 218 g/mol. The largest absolute Gasteiger partial charge is 0.385 e. The fourth-order valence-corrected chi connectivity index (χ4v) is 2.58. The van der Waals surface area contributed by atoms with Gasteiger partial charge >= 0.3 is 0 Å². The van der Waals surface area contributed by atoms with Gasteiger partial charge in [0.05, 0.1) is 0 Å². The lowest BCUT2D eigenvalue weighted by atomic mass is 10.2. The van der Waals surface area contributed by atoms with Crippen molar-refractivity contribution in [1.29, 1.82) is 0 Å². The predicted molar refractivity (Wildman–Crippen MR) is 71.1 cm³/mol. The molecule has 0 saturated carbocycles. The fraction of sp³-hybridized carbons (Fsp3) is 0.538. The Hall–Kier alpha value is -0.510. The average Bonchev–Trinajstić information content (AvgIpc) is 2.35. The second-order valence-electron chi connectivity index (χ2n) is 3.74. The van der Waals surface area contributed by atoms with Crippen LogP contribution >= 0.6 is 11.8 Å². The quantitative estimate of drug-likeness (QED) is 0.557. The van der Waals surface area contributed by atoms with Gasteiger partial charge < -0.3 is 10.1 Å². The van der Waals surface area contributed by atoms with Crippen LogP contribution in [0.1, 0.15) is 12.8 Å². The van der Waals surface area contributed by atoms with Gasteiger partial charge in [0.1, 0.15) is 0 Å². The highest BCUT2D eigenvalue weighted by Gasteiger charge is 2.06. The van der Waals surface area contributed by atoms with E-state index in [4.69, 9.17) is 4.74 Å².